The van der Waals surface area contributed by atoms with Crippen LogP contribution >= 0.6 is 38.9 Å². The number of halogens is 2. The lowest BCUT2D eigenvalue weighted by Gasteiger charge is -1.99. The summed E-state index contributed by atoms with van der Waals surface area (Å²) in [4.78, 5) is 26.8. The second-order valence-electron chi connectivity index (χ2n) is 5.34. The van der Waals surface area contributed by atoms with Gasteiger partial charge in [0.25, 0.3) is 5.69 Å². The van der Waals surface area contributed by atoms with E-state index in [1.807, 2.05) is 29.6 Å². The maximum absolute atomic E-state index is 12.1. The van der Waals surface area contributed by atoms with Crippen LogP contribution in [-0.2, 0) is 4.79 Å². The number of hydrogen-bond acceptors (Lipinski definition) is 5. The first-order valence-corrected chi connectivity index (χ1v) is 9.62. The van der Waals surface area contributed by atoms with E-state index in [0.717, 1.165) is 15.7 Å². The summed E-state index contributed by atoms with van der Waals surface area (Å²) in [6.45, 7) is 0. The molecule has 27 heavy (non-hydrogen) atoms. The number of nitrogens with zero attached hydrogens (tertiary/aromatic N) is 2. The summed E-state index contributed by atoms with van der Waals surface area (Å²) in [6, 6.07) is 12.0. The van der Waals surface area contributed by atoms with Crippen molar-refractivity contribution in [1.82, 2.24) is 4.98 Å². The number of hydrogen-bond donors (Lipinski definition) is 1. The second kappa shape index (κ2) is 8.43. The minimum absolute atomic E-state index is 0.0462. The summed E-state index contributed by atoms with van der Waals surface area (Å²) < 4.78 is 0.975. The molecule has 0 unspecified atom stereocenters. The second-order valence-corrected chi connectivity index (χ2v) is 7.52. The fourth-order valence-corrected chi connectivity index (χ4v) is 3.35. The first kappa shape index (κ1) is 19.2. The largest absolute Gasteiger partial charge is 0.298 e. The molecule has 3 aromatic rings. The average Bonchev–Trinajstić information content (AvgIpc) is 3.09. The summed E-state index contributed by atoms with van der Waals surface area (Å²) >= 11 is 10.5. The monoisotopic (exact) mass is 463 g/mol. The van der Waals surface area contributed by atoms with Crippen LogP contribution < -0.4 is 5.32 Å². The molecular formula is C18H11BrClN3O3S. The van der Waals surface area contributed by atoms with E-state index < -0.39 is 4.92 Å². The van der Waals surface area contributed by atoms with Crippen LogP contribution in [0, 0.1) is 10.1 Å². The molecule has 9 heteroatoms. The van der Waals surface area contributed by atoms with E-state index in [9.17, 15) is 14.9 Å². The third-order valence-electron chi connectivity index (χ3n) is 3.47. The van der Waals surface area contributed by atoms with Crippen molar-refractivity contribution < 1.29 is 9.72 Å². The lowest BCUT2D eigenvalue weighted by atomic mass is 10.2. The van der Waals surface area contributed by atoms with Gasteiger partial charge in [-0.15, -0.1) is 11.3 Å². The summed E-state index contributed by atoms with van der Waals surface area (Å²) in [5.74, 6) is -0.385. The minimum Gasteiger partial charge on any atom is -0.298 e. The highest BCUT2D eigenvalue weighted by Gasteiger charge is 2.12. The number of carbonyl (C=O) groups is 1. The van der Waals surface area contributed by atoms with Crippen molar-refractivity contribution in [3.63, 3.8) is 0 Å². The van der Waals surface area contributed by atoms with Crippen molar-refractivity contribution in [2.45, 2.75) is 0 Å². The maximum atomic E-state index is 12.1. The molecule has 0 bridgehead atoms. The van der Waals surface area contributed by atoms with Gasteiger partial charge in [0.05, 0.1) is 10.6 Å². The van der Waals surface area contributed by atoms with Gasteiger partial charge in [-0.25, -0.2) is 4.98 Å². The zero-order chi connectivity index (χ0) is 19.4. The molecule has 0 spiro atoms. The van der Waals surface area contributed by atoms with Crippen LogP contribution in [0.25, 0.3) is 17.3 Å². The Morgan fingerprint density at radius 1 is 1.26 bits per heavy atom. The Morgan fingerprint density at radius 2 is 2.00 bits per heavy atom. The third kappa shape index (κ3) is 5.00. The fourth-order valence-electron chi connectivity index (χ4n) is 2.18. The van der Waals surface area contributed by atoms with Gasteiger partial charge in [0.1, 0.15) is 5.02 Å². The molecule has 0 aliphatic heterocycles. The highest BCUT2D eigenvalue weighted by molar-refractivity contribution is 9.10. The first-order valence-electron chi connectivity index (χ1n) is 7.57. The third-order valence-corrected chi connectivity index (χ3v) is 5.07. The Bertz CT molecular complexity index is 1030. The molecule has 136 valence electrons. The number of nitro benzene ring substituents is 1. The van der Waals surface area contributed by atoms with E-state index in [-0.39, 0.29) is 16.6 Å². The Morgan fingerprint density at radius 3 is 2.70 bits per heavy atom. The normalized spacial score (nSPS) is 10.9. The van der Waals surface area contributed by atoms with Gasteiger partial charge >= 0.3 is 0 Å². The van der Waals surface area contributed by atoms with E-state index in [1.54, 1.807) is 6.07 Å². The molecule has 0 fully saturated rings. The highest BCUT2D eigenvalue weighted by Crippen LogP contribution is 2.27. The topological polar surface area (TPSA) is 85.1 Å². The van der Waals surface area contributed by atoms with E-state index in [4.69, 9.17) is 11.6 Å². The molecule has 0 atom stereocenters. The lowest BCUT2D eigenvalue weighted by molar-refractivity contribution is -0.384. The molecule has 3 rings (SSSR count). The number of amides is 1. The summed E-state index contributed by atoms with van der Waals surface area (Å²) in [5.41, 5.74) is 1.99. The Labute approximate surface area is 171 Å². The predicted molar refractivity (Wildman–Crippen MR) is 111 cm³/mol. The van der Waals surface area contributed by atoms with Crippen LogP contribution in [-0.4, -0.2) is 15.8 Å². The van der Waals surface area contributed by atoms with Gasteiger partial charge in [0.15, 0.2) is 5.13 Å². The predicted octanol–water partition coefficient (Wildman–Crippen LogP) is 5.79. The van der Waals surface area contributed by atoms with Crippen molar-refractivity contribution in [3.8, 4) is 11.3 Å². The number of aromatic nitrogens is 1. The quantitative estimate of drug-likeness (QED) is 0.294. The Hall–Kier alpha value is -2.55. The molecule has 6 nitrogen and oxygen atoms in total. The molecule has 1 amide bonds. The lowest BCUT2D eigenvalue weighted by Crippen LogP contribution is -2.07. The number of nitrogens with one attached hydrogen (secondary N) is 1. The van der Waals surface area contributed by atoms with Crippen molar-refractivity contribution in [2.24, 2.45) is 0 Å². The SMILES string of the molecule is O=C(C=Cc1ccc(Cl)c([N+](=O)[O-])c1)Nc1nc(-c2ccc(Br)cc2)cs1. The summed E-state index contributed by atoms with van der Waals surface area (Å²) in [6.07, 6.45) is 2.76. The van der Waals surface area contributed by atoms with E-state index >= 15 is 0 Å². The number of nitro groups is 1. The molecule has 0 saturated heterocycles. The zero-order valence-corrected chi connectivity index (χ0v) is 16.7. The molecule has 1 N–H and O–H groups in total. The van der Waals surface area contributed by atoms with Crippen LogP contribution in [0.1, 0.15) is 5.56 Å². The molecular weight excluding hydrogens is 454 g/mol. The Balaban J connectivity index is 1.68. The van der Waals surface area contributed by atoms with E-state index in [2.05, 4.69) is 26.2 Å². The fraction of sp³-hybridized carbons (Fsp3) is 0. The average molecular weight is 465 g/mol. The van der Waals surface area contributed by atoms with Crippen molar-refractivity contribution in [1.29, 1.82) is 0 Å². The van der Waals surface area contributed by atoms with Gasteiger partial charge in [-0.2, -0.15) is 0 Å². The van der Waals surface area contributed by atoms with Crippen molar-refractivity contribution in [2.75, 3.05) is 5.32 Å². The van der Waals surface area contributed by atoms with Gasteiger partial charge in [0, 0.05) is 27.6 Å². The standard InChI is InChI=1S/C18H11BrClN3O3S/c19-13-5-3-12(4-6-13)15-10-27-18(21-15)22-17(24)8-2-11-1-7-14(20)16(9-11)23(25)26/h1-10H,(H,21,22,24). The van der Waals surface area contributed by atoms with Crippen LogP contribution in [0.3, 0.4) is 0 Å². The van der Waals surface area contributed by atoms with Crippen LogP contribution in [0.15, 0.2) is 58.4 Å². The maximum Gasteiger partial charge on any atom is 0.288 e. The molecule has 0 aliphatic rings. The minimum atomic E-state index is -0.570. The van der Waals surface area contributed by atoms with Gasteiger partial charge in [-0.3, -0.25) is 20.2 Å². The van der Waals surface area contributed by atoms with Crippen molar-refractivity contribution >= 4 is 61.7 Å². The van der Waals surface area contributed by atoms with Gasteiger partial charge < -0.3 is 0 Å². The smallest absolute Gasteiger partial charge is 0.288 e. The first-order chi connectivity index (χ1) is 12.9. The summed E-state index contributed by atoms with van der Waals surface area (Å²) in [7, 11) is 0. The molecule has 0 aliphatic carbocycles. The molecule has 1 aromatic heterocycles. The molecule has 2 aromatic carbocycles. The van der Waals surface area contributed by atoms with E-state index in [0.29, 0.717) is 10.7 Å². The van der Waals surface area contributed by atoms with Crippen LogP contribution in [0.5, 0.6) is 0 Å². The number of carbonyl (C=O) groups excluding carboxylic acids is 1. The van der Waals surface area contributed by atoms with E-state index in [1.165, 1.54) is 35.6 Å². The number of anilines is 1. The molecule has 1 heterocycles. The van der Waals surface area contributed by atoms with Crippen LogP contribution in [0.4, 0.5) is 10.8 Å². The van der Waals surface area contributed by atoms with Gasteiger partial charge in [-0.1, -0.05) is 45.7 Å². The highest BCUT2D eigenvalue weighted by atomic mass is 79.9. The number of rotatable bonds is 5. The molecule has 0 saturated carbocycles. The number of thiazole rings is 1. The molecule has 0 radical (unpaired) electrons. The number of benzene rings is 2. The van der Waals surface area contributed by atoms with Crippen LogP contribution in [0.2, 0.25) is 5.02 Å². The van der Waals surface area contributed by atoms with Crippen molar-refractivity contribution in [3.05, 3.63) is 79.1 Å². The summed E-state index contributed by atoms with van der Waals surface area (Å²) in [5, 5.41) is 15.9. The van der Waals surface area contributed by atoms with Gasteiger partial charge in [-0.05, 0) is 29.8 Å². The van der Waals surface area contributed by atoms with Gasteiger partial charge in [0.2, 0.25) is 5.91 Å². The Kier molecular flexibility index (Phi) is 6.00. The zero-order valence-electron chi connectivity index (χ0n) is 13.6.